The summed E-state index contributed by atoms with van der Waals surface area (Å²) in [5.41, 5.74) is 0. The molecule has 0 aliphatic rings. The Kier molecular flexibility index (Phi) is 5.29. The smallest absolute Gasteiger partial charge is 0.0445 e. The van der Waals surface area contributed by atoms with Gasteiger partial charge in [-0.3, -0.25) is 0 Å². The molecule has 0 saturated carbocycles. The van der Waals surface area contributed by atoms with E-state index < -0.39 is 0 Å². The molecule has 1 unspecified atom stereocenters. The second-order valence-corrected chi connectivity index (χ2v) is 5.63. The summed E-state index contributed by atoms with van der Waals surface area (Å²) in [5, 5.41) is 12.4. The molecule has 86 valence electrons. The molecule has 0 aliphatic heterocycles. The van der Waals surface area contributed by atoms with E-state index in [0.29, 0.717) is 12.0 Å². The van der Waals surface area contributed by atoms with Crippen molar-refractivity contribution in [2.75, 3.05) is 6.61 Å². The first-order valence-corrected chi connectivity index (χ1v) is 6.34. The molecule has 0 fully saturated rings. The van der Waals surface area contributed by atoms with E-state index in [-0.39, 0.29) is 6.61 Å². The van der Waals surface area contributed by atoms with Gasteiger partial charge in [-0.15, -0.1) is 11.3 Å². The maximum absolute atomic E-state index is 8.95. The zero-order chi connectivity index (χ0) is 11.3. The van der Waals surface area contributed by atoms with Gasteiger partial charge in [-0.25, -0.2) is 0 Å². The lowest BCUT2D eigenvalue weighted by Crippen LogP contribution is -2.33. The quantitative estimate of drug-likeness (QED) is 0.783. The summed E-state index contributed by atoms with van der Waals surface area (Å²) in [6.45, 7) is 7.68. The molecule has 1 aromatic rings. The lowest BCUT2D eigenvalue weighted by atomic mass is 10.0. The van der Waals surface area contributed by atoms with Gasteiger partial charge in [-0.2, -0.15) is 0 Å². The Balaban J connectivity index is 2.39. The molecular weight excluding hydrogens is 206 g/mol. The fourth-order valence-corrected chi connectivity index (χ4v) is 2.46. The van der Waals surface area contributed by atoms with Crippen LogP contribution in [-0.2, 0) is 6.54 Å². The molecule has 1 aromatic heterocycles. The van der Waals surface area contributed by atoms with Crippen molar-refractivity contribution in [1.29, 1.82) is 0 Å². The topological polar surface area (TPSA) is 32.3 Å². The number of hydrogen-bond donors (Lipinski definition) is 2. The Hall–Kier alpha value is -0.380. The molecule has 1 rings (SSSR count). The summed E-state index contributed by atoms with van der Waals surface area (Å²) in [6, 6.07) is 4.74. The number of nitrogens with one attached hydrogen (secondary N) is 1. The largest absolute Gasteiger partial charge is 0.396 e. The molecule has 0 spiro atoms. The van der Waals surface area contributed by atoms with Crippen molar-refractivity contribution in [3.8, 4) is 0 Å². The summed E-state index contributed by atoms with van der Waals surface area (Å²) in [6.07, 6.45) is 0.835. The Bertz CT molecular complexity index is 283. The molecule has 0 amide bonds. The van der Waals surface area contributed by atoms with E-state index in [0.717, 1.165) is 13.0 Å². The van der Waals surface area contributed by atoms with Gasteiger partial charge in [0.2, 0.25) is 0 Å². The second-order valence-electron chi connectivity index (χ2n) is 4.26. The third-order valence-corrected chi connectivity index (χ3v) is 3.58. The van der Waals surface area contributed by atoms with Crippen molar-refractivity contribution in [1.82, 2.24) is 5.32 Å². The molecular formula is C12H21NOS. The molecule has 0 saturated heterocycles. The van der Waals surface area contributed by atoms with Crippen molar-refractivity contribution >= 4 is 11.3 Å². The van der Waals surface area contributed by atoms with Crippen LogP contribution in [0.5, 0.6) is 0 Å². The lowest BCUT2D eigenvalue weighted by molar-refractivity contribution is 0.244. The zero-order valence-electron chi connectivity index (χ0n) is 9.79. The van der Waals surface area contributed by atoms with Crippen LogP contribution in [-0.4, -0.2) is 17.8 Å². The summed E-state index contributed by atoms with van der Waals surface area (Å²) in [4.78, 5) is 2.73. The molecule has 0 bridgehead atoms. The maximum Gasteiger partial charge on any atom is 0.0445 e. The minimum atomic E-state index is 0.263. The SMILES string of the molecule is Cc1ccc(CNC(CCO)C(C)C)s1. The highest BCUT2D eigenvalue weighted by Crippen LogP contribution is 2.15. The Labute approximate surface area is 96.3 Å². The van der Waals surface area contributed by atoms with Crippen LogP contribution in [0.15, 0.2) is 12.1 Å². The first-order chi connectivity index (χ1) is 7.13. The fraction of sp³-hybridized carbons (Fsp3) is 0.667. The van der Waals surface area contributed by atoms with Crippen molar-refractivity contribution in [3.63, 3.8) is 0 Å². The molecule has 2 nitrogen and oxygen atoms in total. The summed E-state index contributed by atoms with van der Waals surface area (Å²) < 4.78 is 0. The third kappa shape index (κ3) is 4.33. The van der Waals surface area contributed by atoms with Gasteiger partial charge in [-0.05, 0) is 31.4 Å². The van der Waals surface area contributed by atoms with E-state index in [4.69, 9.17) is 5.11 Å². The van der Waals surface area contributed by atoms with Gasteiger partial charge in [-0.1, -0.05) is 13.8 Å². The molecule has 0 aromatic carbocycles. The number of rotatable bonds is 6. The van der Waals surface area contributed by atoms with Crippen LogP contribution < -0.4 is 5.32 Å². The van der Waals surface area contributed by atoms with E-state index in [1.165, 1.54) is 9.75 Å². The van der Waals surface area contributed by atoms with Crippen molar-refractivity contribution < 1.29 is 5.11 Å². The molecule has 15 heavy (non-hydrogen) atoms. The van der Waals surface area contributed by atoms with Gasteiger partial charge < -0.3 is 10.4 Å². The van der Waals surface area contributed by atoms with Crippen LogP contribution in [0.25, 0.3) is 0 Å². The molecule has 2 N–H and O–H groups in total. The molecule has 1 atom stereocenters. The normalized spacial score (nSPS) is 13.4. The Morgan fingerprint density at radius 2 is 2.13 bits per heavy atom. The number of hydrogen-bond acceptors (Lipinski definition) is 3. The molecule has 0 aliphatic carbocycles. The highest BCUT2D eigenvalue weighted by atomic mass is 32.1. The molecule has 3 heteroatoms. The van der Waals surface area contributed by atoms with Crippen LogP contribution in [0, 0.1) is 12.8 Å². The minimum Gasteiger partial charge on any atom is -0.396 e. The third-order valence-electron chi connectivity index (χ3n) is 2.58. The minimum absolute atomic E-state index is 0.263. The molecule has 1 heterocycles. The van der Waals surface area contributed by atoms with E-state index >= 15 is 0 Å². The van der Waals surface area contributed by atoms with E-state index in [1.807, 2.05) is 11.3 Å². The van der Waals surface area contributed by atoms with Gasteiger partial charge >= 0.3 is 0 Å². The summed E-state index contributed by atoms with van der Waals surface area (Å²) in [5.74, 6) is 0.568. The van der Waals surface area contributed by atoms with Gasteiger partial charge in [0.25, 0.3) is 0 Å². The first-order valence-electron chi connectivity index (χ1n) is 5.53. The van der Waals surface area contributed by atoms with Crippen LogP contribution in [0.3, 0.4) is 0 Å². The van der Waals surface area contributed by atoms with Crippen LogP contribution in [0.4, 0.5) is 0 Å². The number of aryl methyl sites for hydroxylation is 1. The summed E-state index contributed by atoms with van der Waals surface area (Å²) in [7, 11) is 0. The van der Waals surface area contributed by atoms with Crippen LogP contribution in [0.1, 0.15) is 30.0 Å². The van der Waals surface area contributed by atoms with E-state index in [1.54, 1.807) is 0 Å². The zero-order valence-corrected chi connectivity index (χ0v) is 10.6. The predicted molar refractivity (Wildman–Crippen MR) is 66.2 cm³/mol. The van der Waals surface area contributed by atoms with Gasteiger partial charge in [0, 0.05) is 28.9 Å². The lowest BCUT2D eigenvalue weighted by Gasteiger charge is -2.21. The van der Waals surface area contributed by atoms with Crippen LogP contribution >= 0.6 is 11.3 Å². The number of aliphatic hydroxyl groups is 1. The number of thiophene rings is 1. The van der Waals surface area contributed by atoms with Gasteiger partial charge in [0.05, 0.1) is 0 Å². The van der Waals surface area contributed by atoms with Crippen molar-refractivity contribution in [2.24, 2.45) is 5.92 Å². The van der Waals surface area contributed by atoms with Crippen molar-refractivity contribution in [2.45, 2.75) is 39.8 Å². The van der Waals surface area contributed by atoms with Crippen LogP contribution in [0.2, 0.25) is 0 Å². The highest BCUT2D eigenvalue weighted by molar-refractivity contribution is 7.11. The fourth-order valence-electron chi connectivity index (χ4n) is 1.62. The van der Waals surface area contributed by atoms with E-state index in [9.17, 15) is 0 Å². The van der Waals surface area contributed by atoms with Gasteiger partial charge in [0.1, 0.15) is 0 Å². The second kappa shape index (κ2) is 6.26. The number of aliphatic hydroxyl groups excluding tert-OH is 1. The van der Waals surface area contributed by atoms with Crippen molar-refractivity contribution in [3.05, 3.63) is 21.9 Å². The first kappa shape index (κ1) is 12.7. The summed E-state index contributed by atoms with van der Waals surface area (Å²) >= 11 is 1.83. The van der Waals surface area contributed by atoms with E-state index in [2.05, 4.69) is 38.2 Å². The monoisotopic (exact) mass is 227 g/mol. The Morgan fingerprint density at radius 3 is 2.60 bits per heavy atom. The van der Waals surface area contributed by atoms with Gasteiger partial charge in [0.15, 0.2) is 0 Å². The Morgan fingerprint density at radius 1 is 1.40 bits per heavy atom. The average Bonchev–Trinajstić information content (AvgIpc) is 2.58. The standard InChI is InChI=1S/C12H21NOS/c1-9(2)12(6-7-14)13-8-11-5-4-10(3)15-11/h4-5,9,12-14H,6-8H2,1-3H3. The average molecular weight is 227 g/mol. The molecule has 0 radical (unpaired) electrons. The highest BCUT2D eigenvalue weighted by Gasteiger charge is 2.11. The maximum atomic E-state index is 8.95. The predicted octanol–water partition coefficient (Wildman–Crippen LogP) is 2.55.